The van der Waals surface area contributed by atoms with Crippen LogP contribution < -0.4 is 16.0 Å². The Morgan fingerprint density at radius 2 is 1.64 bits per heavy atom. The average Bonchev–Trinajstić information content (AvgIpc) is 3.40. The number of rotatable bonds is 12. The highest BCUT2D eigenvalue weighted by Crippen LogP contribution is 2.26. The molecule has 4 rings (SSSR count). The molecule has 3 aromatic carbocycles. The van der Waals surface area contributed by atoms with Gasteiger partial charge >= 0.3 is 18.1 Å². The zero-order valence-corrected chi connectivity index (χ0v) is 23.0. The predicted octanol–water partition coefficient (Wildman–Crippen LogP) is 4.56. The molecule has 2 amide bonds. The van der Waals surface area contributed by atoms with E-state index < -0.39 is 54.8 Å². The van der Waals surface area contributed by atoms with Crippen molar-refractivity contribution in [1.29, 1.82) is 0 Å². The number of esters is 2. The first kappa shape index (κ1) is 31.7. The number of para-hydroxylation sites is 2. The molecule has 1 aromatic heterocycles. The third-order valence-electron chi connectivity index (χ3n) is 6.30. The molecular formula is C30H27F4N5O5. The molecule has 0 aliphatic heterocycles. The Balaban J connectivity index is 1.33. The standard InChI is InChI=1S/C30H27F4N5O5/c31-21-9-4-7-19(15-21)18-6-3-8-20(14-18)24(16-27(42)44-28(43)30(32,33)34)37-26(41)17-36-25(40)12-5-13-35-29-38-22-10-1-2-11-23(22)39-29/h1-4,6-11,14-15,24H,5,12-13,16-17H2,(H,36,40)(H,37,41)(H2,35,38,39). The molecule has 0 saturated carbocycles. The zero-order chi connectivity index (χ0) is 31.7. The summed E-state index contributed by atoms with van der Waals surface area (Å²) in [4.78, 5) is 55.8. The molecule has 0 fully saturated rings. The highest BCUT2D eigenvalue weighted by molar-refractivity contribution is 5.89. The van der Waals surface area contributed by atoms with E-state index in [-0.39, 0.29) is 12.0 Å². The number of fused-ring (bicyclic) bond motifs is 1. The van der Waals surface area contributed by atoms with Crippen LogP contribution in [-0.2, 0) is 23.9 Å². The minimum absolute atomic E-state index is 0.0749. The van der Waals surface area contributed by atoms with Gasteiger partial charge in [-0.15, -0.1) is 0 Å². The first-order valence-electron chi connectivity index (χ1n) is 13.4. The molecule has 10 nitrogen and oxygen atoms in total. The van der Waals surface area contributed by atoms with Crippen LogP contribution in [0.3, 0.4) is 0 Å². The number of H-pyrrole nitrogens is 1. The summed E-state index contributed by atoms with van der Waals surface area (Å²) >= 11 is 0. The van der Waals surface area contributed by atoms with Crippen LogP contribution in [0, 0.1) is 5.82 Å². The fourth-order valence-electron chi connectivity index (χ4n) is 4.23. The molecule has 0 aliphatic carbocycles. The number of hydrogen-bond acceptors (Lipinski definition) is 7. The van der Waals surface area contributed by atoms with Gasteiger partial charge in [0, 0.05) is 13.0 Å². The Bertz CT molecular complexity index is 1620. The number of aromatic nitrogens is 2. The Morgan fingerprint density at radius 1 is 0.909 bits per heavy atom. The van der Waals surface area contributed by atoms with Crippen LogP contribution in [0.2, 0.25) is 0 Å². The van der Waals surface area contributed by atoms with Gasteiger partial charge in [0.2, 0.25) is 17.8 Å². The monoisotopic (exact) mass is 613 g/mol. The smallest absolute Gasteiger partial charge is 0.386 e. The van der Waals surface area contributed by atoms with Crippen molar-refractivity contribution in [2.75, 3.05) is 18.4 Å². The zero-order valence-electron chi connectivity index (χ0n) is 23.0. The lowest BCUT2D eigenvalue weighted by molar-refractivity contribution is -0.202. The number of anilines is 1. The third kappa shape index (κ3) is 9.11. The van der Waals surface area contributed by atoms with Crippen molar-refractivity contribution < 1.29 is 41.5 Å². The second kappa shape index (κ2) is 14.3. The molecule has 4 N–H and O–H groups in total. The molecule has 44 heavy (non-hydrogen) atoms. The number of carbonyl (C=O) groups excluding carboxylic acids is 4. The van der Waals surface area contributed by atoms with Gasteiger partial charge in [-0.2, -0.15) is 13.2 Å². The van der Waals surface area contributed by atoms with Crippen molar-refractivity contribution >= 4 is 40.7 Å². The van der Waals surface area contributed by atoms with Crippen molar-refractivity contribution in [3.05, 3.63) is 84.2 Å². The number of hydrogen-bond donors (Lipinski definition) is 4. The summed E-state index contributed by atoms with van der Waals surface area (Å²) in [6.45, 7) is -0.0750. The number of imidazole rings is 1. The Hall–Kier alpha value is -5.27. The molecular weight excluding hydrogens is 586 g/mol. The van der Waals surface area contributed by atoms with Crippen LogP contribution in [0.1, 0.15) is 30.9 Å². The van der Waals surface area contributed by atoms with Crippen molar-refractivity contribution in [2.45, 2.75) is 31.5 Å². The summed E-state index contributed by atoms with van der Waals surface area (Å²) in [6.07, 6.45) is -5.73. The molecule has 0 radical (unpaired) electrons. The SMILES string of the molecule is O=C(CCCNc1nc2ccccc2[nH]1)NCC(=O)NC(CC(=O)OC(=O)C(F)(F)F)c1cccc(-c2cccc(F)c2)c1. The van der Waals surface area contributed by atoms with Crippen LogP contribution in [-0.4, -0.2) is 53.0 Å². The number of nitrogens with zero attached hydrogens (tertiary/aromatic N) is 1. The van der Waals surface area contributed by atoms with E-state index in [1.807, 2.05) is 24.3 Å². The van der Waals surface area contributed by atoms with Crippen LogP contribution in [0.4, 0.5) is 23.5 Å². The fourth-order valence-corrected chi connectivity index (χ4v) is 4.23. The first-order chi connectivity index (χ1) is 21.0. The van der Waals surface area contributed by atoms with Crippen molar-refractivity contribution in [3.8, 4) is 11.1 Å². The van der Waals surface area contributed by atoms with Crippen molar-refractivity contribution in [1.82, 2.24) is 20.6 Å². The average molecular weight is 614 g/mol. The van der Waals surface area contributed by atoms with Crippen LogP contribution in [0.15, 0.2) is 72.8 Å². The van der Waals surface area contributed by atoms with Crippen LogP contribution >= 0.6 is 0 Å². The van der Waals surface area contributed by atoms with Gasteiger partial charge < -0.3 is 25.7 Å². The fraction of sp³-hybridized carbons (Fsp3) is 0.233. The van der Waals surface area contributed by atoms with E-state index in [2.05, 4.69) is 30.7 Å². The quantitative estimate of drug-likeness (QED) is 0.0795. The maximum absolute atomic E-state index is 13.8. The lowest BCUT2D eigenvalue weighted by Gasteiger charge is -2.20. The Labute approximate surface area is 248 Å². The van der Waals surface area contributed by atoms with Gasteiger partial charge in [0.05, 0.1) is 30.0 Å². The number of nitrogens with one attached hydrogen (secondary N) is 4. The molecule has 1 atom stereocenters. The van der Waals surface area contributed by atoms with Crippen molar-refractivity contribution in [2.24, 2.45) is 0 Å². The van der Waals surface area contributed by atoms with Crippen LogP contribution in [0.5, 0.6) is 0 Å². The summed E-state index contributed by atoms with van der Waals surface area (Å²) < 4.78 is 55.4. The maximum Gasteiger partial charge on any atom is 0.491 e. The molecule has 4 aromatic rings. The number of amides is 2. The minimum atomic E-state index is -5.39. The van der Waals surface area contributed by atoms with Gasteiger partial charge in [0.15, 0.2) is 0 Å². The topological polar surface area (TPSA) is 142 Å². The van der Waals surface area contributed by atoms with E-state index in [9.17, 15) is 36.7 Å². The maximum atomic E-state index is 13.8. The lowest BCUT2D eigenvalue weighted by atomic mass is 9.97. The van der Waals surface area contributed by atoms with Gasteiger partial charge in [0.25, 0.3) is 0 Å². The third-order valence-corrected chi connectivity index (χ3v) is 6.30. The summed E-state index contributed by atoms with van der Waals surface area (Å²) in [5, 5.41) is 8.00. The molecule has 14 heteroatoms. The largest absolute Gasteiger partial charge is 0.491 e. The second-order valence-corrected chi connectivity index (χ2v) is 9.63. The van der Waals surface area contributed by atoms with Gasteiger partial charge in [-0.05, 0) is 53.4 Å². The van der Waals surface area contributed by atoms with Crippen molar-refractivity contribution in [3.63, 3.8) is 0 Å². The summed E-state index contributed by atoms with van der Waals surface area (Å²) in [7, 11) is 0. The molecule has 1 unspecified atom stereocenters. The number of ether oxygens (including phenoxy) is 1. The second-order valence-electron chi connectivity index (χ2n) is 9.63. The number of benzene rings is 3. The molecule has 0 spiro atoms. The predicted molar refractivity (Wildman–Crippen MR) is 151 cm³/mol. The Kier molecular flexibility index (Phi) is 10.3. The highest BCUT2D eigenvalue weighted by Gasteiger charge is 2.42. The van der Waals surface area contributed by atoms with Gasteiger partial charge in [0.1, 0.15) is 5.82 Å². The summed E-state index contributed by atoms with van der Waals surface area (Å²) in [6, 6.07) is 18.0. The number of aromatic amines is 1. The van der Waals surface area contributed by atoms with E-state index in [0.29, 0.717) is 30.0 Å². The molecule has 0 aliphatic rings. The first-order valence-corrected chi connectivity index (χ1v) is 13.4. The van der Waals surface area contributed by atoms with Gasteiger partial charge in [-0.3, -0.25) is 14.4 Å². The van der Waals surface area contributed by atoms with Gasteiger partial charge in [-0.25, -0.2) is 14.2 Å². The molecule has 1 heterocycles. The Morgan fingerprint density at radius 3 is 2.36 bits per heavy atom. The number of alkyl halides is 3. The normalized spacial score (nSPS) is 11.9. The molecule has 230 valence electrons. The van der Waals surface area contributed by atoms with E-state index in [0.717, 1.165) is 11.0 Å². The van der Waals surface area contributed by atoms with E-state index >= 15 is 0 Å². The van der Waals surface area contributed by atoms with E-state index in [4.69, 9.17) is 0 Å². The summed E-state index contributed by atoms with van der Waals surface area (Å²) in [5.41, 5.74) is 2.87. The lowest BCUT2D eigenvalue weighted by Crippen LogP contribution is -2.39. The summed E-state index contributed by atoms with van der Waals surface area (Å²) in [5.74, 6) is -5.37. The van der Waals surface area contributed by atoms with Crippen LogP contribution in [0.25, 0.3) is 22.2 Å². The minimum Gasteiger partial charge on any atom is -0.386 e. The van der Waals surface area contributed by atoms with E-state index in [1.165, 1.54) is 30.3 Å². The number of carbonyl (C=O) groups is 4. The number of halogens is 4. The highest BCUT2D eigenvalue weighted by atomic mass is 19.4. The van der Waals surface area contributed by atoms with Gasteiger partial charge in [-0.1, -0.05) is 42.5 Å². The molecule has 0 saturated heterocycles. The van der Waals surface area contributed by atoms with E-state index in [1.54, 1.807) is 18.2 Å². The molecule has 0 bridgehead atoms.